The molecule has 0 atom stereocenters. The fraction of sp³-hybridized carbons (Fsp3) is 0.0149. The van der Waals surface area contributed by atoms with E-state index in [0.29, 0.717) is 0 Å². The number of aromatic nitrogens is 4. The average Bonchev–Trinajstić information content (AvgIpc) is 4.11. The first kappa shape index (κ1) is 43.6. The summed E-state index contributed by atoms with van der Waals surface area (Å²) in [7, 11) is -4.23. The molecule has 0 saturated carbocycles. The summed E-state index contributed by atoms with van der Waals surface area (Å²) in [6.45, 7) is 0. The summed E-state index contributed by atoms with van der Waals surface area (Å²) in [6.07, 6.45) is 1.98. The summed E-state index contributed by atoms with van der Waals surface area (Å²) >= 11 is 0. The van der Waals surface area contributed by atoms with Gasteiger partial charge in [-0.2, -0.15) is 0 Å². The minimum absolute atomic E-state index is 0.946. The van der Waals surface area contributed by atoms with Crippen LogP contribution in [0.4, 0.5) is 17.2 Å². The molecule has 7 heteroatoms. The number of rotatable bonds is 9. The highest BCUT2D eigenvalue weighted by Crippen LogP contribution is 2.42. The Kier molecular flexibility index (Phi) is 10.4. The van der Waals surface area contributed by atoms with E-state index in [1.165, 1.54) is 63.3 Å². The molecule has 0 unspecified atom stereocenters. The predicted octanol–water partition coefficient (Wildman–Crippen LogP) is 10.3. The van der Waals surface area contributed by atoms with Gasteiger partial charge in [0.2, 0.25) is 0 Å². The molecule has 13 aromatic rings. The first-order chi connectivity index (χ1) is 36.7. The lowest BCUT2D eigenvalue weighted by atomic mass is 10.1. The van der Waals surface area contributed by atoms with Gasteiger partial charge in [0, 0.05) is 46.1 Å². The smallest absolute Gasteiger partial charge is 0.188 e. The number of pyridine rings is 1. The van der Waals surface area contributed by atoms with Gasteiger partial charge in [0.05, 0.1) is 27.8 Å². The summed E-state index contributed by atoms with van der Waals surface area (Å²) in [4.78, 5) is 13.2. The maximum Gasteiger partial charge on any atom is 0.188 e. The van der Waals surface area contributed by atoms with Crippen molar-refractivity contribution in [2.24, 2.45) is 7.05 Å². The molecule has 74 heavy (non-hydrogen) atoms. The van der Waals surface area contributed by atoms with Crippen molar-refractivity contribution < 1.29 is 0 Å². The van der Waals surface area contributed by atoms with Gasteiger partial charge in [-0.3, -0.25) is 4.90 Å². The number of benzene rings is 10. The van der Waals surface area contributed by atoms with Crippen LogP contribution in [0.15, 0.2) is 279 Å². The van der Waals surface area contributed by atoms with Crippen molar-refractivity contribution in [3.63, 3.8) is 0 Å². The number of anilines is 3. The molecule has 0 aliphatic carbocycles. The molecule has 0 radical (unpaired) electrons. The van der Waals surface area contributed by atoms with E-state index in [-0.39, 0.29) is 0 Å². The Labute approximate surface area is 432 Å². The molecule has 1 aliphatic heterocycles. The summed E-state index contributed by atoms with van der Waals surface area (Å²) in [6, 6.07) is 101. The lowest BCUT2D eigenvalue weighted by Gasteiger charge is -2.45. The summed E-state index contributed by atoms with van der Waals surface area (Å²) in [5, 5.41) is 12.8. The Hall–Kier alpha value is -9.15. The van der Waals surface area contributed by atoms with Crippen LogP contribution >= 0.6 is 0 Å². The second kappa shape index (κ2) is 17.6. The van der Waals surface area contributed by atoms with Gasteiger partial charge in [0.1, 0.15) is 11.6 Å². The number of imidazole rings is 1. The van der Waals surface area contributed by atoms with Crippen LogP contribution in [0.1, 0.15) is 0 Å². The predicted molar refractivity (Wildman–Crippen MR) is 314 cm³/mol. The molecular formula is C67H49N5Si2. The van der Waals surface area contributed by atoms with Gasteiger partial charge in [-0.15, -0.1) is 0 Å². The molecule has 0 saturated heterocycles. The van der Waals surface area contributed by atoms with Gasteiger partial charge < -0.3 is 9.13 Å². The molecule has 5 nitrogen and oxygen atoms in total. The fourth-order valence-corrected chi connectivity index (χ4v) is 22.6. The Balaban J connectivity index is 1.10. The standard InChI is InChI=1S/C67H49N5Si2/c1-70-61-41-20-18-39-59(61)69-66(70)48-24-21-36-55(46-48)73(51-28-9-3-10-29-51,52-30-11-4-12-31-52)56-37-22-27-50(47-56)72-62-44-43-58-57-38-17-19-40-60(57)71(49-25-7-2-8-26-49)64(58)65(62)74(53-32-13-5-14-33-53,54-34-15-6-16-35-54)63-42-23-45-68-67(63)72/h2-47H,1H3. The summed E-state index contributed by atoms with van der Waals surface area (Å²) in [5.74, 6) is 1.90. The van der Waals surface area contributed by atoms with E-state index in [1.807, 2.05) is 6.20 Å². The average molecular weight is 980 g/mol. The number of hydrogen-bond donors (Lipinski definition) is 0. The van der Waals surface area contributed by atoms with E-state index >= 15 is 0 Å². The van der Waals surface area contributed by atoms with Gasteiger partial charge in [-0.25, -0.2) is 9.97 Å². The van der Waals surface area contributed by atoms with E-state index in [2.05, 4.69) is 294 Å². The molecule has 10 aromatic carbocycles. The monoisotopic (exact) mass is 979 g/mol. The molecule has 0 N–H and O–H groups in total. The van der Waals surface area contributed by atoms with Crippen molar-refractivity contribution in [2.75, 3.05) is 4.90 Å². The second-order valence-corrected chi connectivity index (χ2v) is 26.8. The molecule has 3 aromatic heterocycles. The summed E-state index contributed by atoms with van der Waals surface area (Å²) < 4.78 is 4.76. The van der Waals surface area contributed by atoms with E-state index in [9.17, 15) is 0 Å². The van der Waals surface area contributed by atoms with Crippen LogP contribution in [0.3, 0.4) is 0 Å². The number of fused-ring (bicyclic) bond motifs is 7. The summed E-state index contributed by atoms with van der Waals surface area (Å²) in [5.41, 5.74) is 8.91. The highest BCUT2D eigenvalue weighted by molar-refractivity contribution is 7.22. The zero-order chi connectivity index (χ0) is 49.2. The zero-order valence-corrected chi connectivity index (χ0v) is 42.8. The Morgan fingerprint density at radius 3 is 1.66 bits per heavy atom. The second-order valence-electron chi connectivity index (χ2n) is 19.3. The quantitative estimate of drug-likeness (QED) is 0.107. The zero-order valence-electron chi connectivity index (χ0n) is 40.8. The first-order valence-electron chi connectivity index (χ1n) is 25.4. The van der Waals surface area contributed by atoms with Gasteiger partial charge in [0.25, 0.3) is 0 Å². The van der Waals surface area contributed by atoms with Gasteiger partial charge in [-0.05, 0) is 90.9 Å². The van der Waals surface area contributed by atoms with E-state index in [4.69, 9.17) is 9.97 Å². The molecular weight excluding hydrogens is 931 g/mol. The maximum atomic E-state index is 5.52. The van der Waals surface area contributed by atoms with Crippen molar-refractivity contribution in [3.05, 3.63) is 279 Å². The molecule has 14 rings (SSSR count). The number of aryl methyl sites for hydroxylation is 1. The number of hydrogen-bond acceptors (Lipinski definition) is 3. The van der Waals surface area contributed by atoms with Crippen LogP contribution in [0.5, 0.6) is 0 Å². The normalized spacial score (nSPS) is 13.0. The highest BCUT2D eigenvalue weighted by atomic mass is 28.3. The van der Waals surface area contributed by atoms with Crippen LogP contribution in [0, 0.1) is 0 Å². The first-order valence-corrected chi connectivity index (χ1v) is 29.4. The van der Waals surface area contributed by atoms with Crippen molar-refractivity contribution >= 4 is 108 Å². The van der Waals surface area contributed by atoms with Gasteiger partial charge >= 0.3 is 0 Å². The van der Waals surface area contributed by atoms with Crippen LogP contribution in [-0.4, -0.2) is 35.2 Å². The topological polar surface area (TPSA) is 38.9 Å². The molecule has 0 bridgehead atoms. The van der Waals surface area contributed by atoms with Crippen molar-refractivity contribution in [3.8, 4) is 17.1 Å². The largest absolute Gasteiger partial charge is 0.327 e. The SMILES string of the molecule is Cn1c(-c2cccc([Si](c3ccccc3)(c3ccccc3)c3cccc(N4c5ccc6c7ccccc7n(-c7ccccc7)c6c5[Si](c5ccccc5)(c5ccccc5)c5cccnc54)c3)c2)nc2ccccc21. The Morgan fingerprint density at radius 2 is 0.986 bits per heavy atom. The fourth-order valence-electron chi connectivity index (χ4n) is 12.5. The third-order valence-corrected chi connectivity index (χ3v) is 25.1. The van der Waals surface area contributed by atoms with E-state index < -0.39 is 16.1 Å². The van der Waals surface area contributed by atoms with E-state index in [0.717, 1.165) is 45.3 Å². The van der Waals surface area contributed by atoms with Crippen molar-refractivity contribution in [1.29, 1.82) is 0 Å². The molecule has 1 aliphatic rings. The molecule has 4 heterocycles. The third kappa shape index (κ3) is 6.47. The number of nitrogens with zero attached hydrogens (tertiary/aromatic N) is 5. The van der Waals surface area contributed by atoms with Crippen LogP contribution < -0.4 is 46.4 Å². The number of para-hydroxylation sites is 4. The van der Waals surface area contributed by atoms with Crippen LogP contribution in [-0.2, 0) is 7.05 Å². The van der Waals surface area contributed by atoms with Gasteiger partial charge in [0.15, 0.2) is 16.1 Å². The van der Waals surface area contributed by atoms with Crippen LogP contribution in [0.25, 0.3) is 49.9 Å². The Bertz CT molecular complexity index is 4130. The highest BCUT2D eigenvalue weighted by Gasteiger charge is 2.52. The lowest BCUT2D eigenvalue weighted by molar-refractivity contribution is 0.959. The van der Waals surface area contributed by atoms with Crippen molar-refractivity contribution in [1.82, 2.24) is 19.1 Å². The Morgan fingerprint density at radius 1 is 0.432 bits per heavy atom. The molecule has 0 fully saturated rings. The molecule has 0 spiro atoms. The van der Waals surface area contributed by atoms with Crippen molar-refractivity contribution in [2.45, 2.75) is 0 Å². The molecule has 0 amide bonds. The van der Waals surface area contributed by atoms with Crippen LogP contribution in [0.2, 0.25) is 0 Å². The lowest BCUT2D eigenvalue weighted by Crippen LogP contribution is -2.77. The third-order valence-electron chi connectivity index (χ3n) is 15.6. The molecule has 350 valence electrons. The van der Waals surface area contributed by atoms with Gasteiger partial charge in [-0.1, -0.05) is 218 Å². The maximum absolute atomic E-state index is 5.52. The van der Waals surface area contributed by atoms with E-state index in [1.54, 1.807) is 0 Å². The minimum atomic E-state index is -3.23. The minimum Gasteiger partial charge on any atom is -0.327 e.